The van der Waals surface area contributed by atoms with Crippen LogP contribution in [-0.4, -0.2) is 33.8 Å². The first-order valence-corrected chi connectivity index (χ1v) is 11.1. The van der Waals surface area contributed by atoms with E-state index < -0.39 is 10.0 Å². The first-order valence-electron chi connectivity index (χ1n) is 2.75. The standard InChI is InChI=1S/C5H9N2O2S.BrH.Zn/c1-4-10(8,9)6-5-7(2)3;;/h5H,1H2,2-3H3;1H;/q-1;;+2/p-1/b6-5+;;. The molecule has 0 aromatic heterocycles. The van der Waals surface area contributed by atoms with Crippen molar-refractivity contribution in [2.75, 3.05) is 14.1 Å². The molecule has 0 saturated carbocycles. The van der Waals surface area contributed by atoms with Gasteiger partial charge in [-0.3, -0.25) is 6.58 Å². The van der Waals surface area contributed by atoms with Crippen LogP contribution in [0.2, 0.25) is 0 Å². The van der Waals surface area contributed by atoms with Crippen molar-refractivity contribution in [1.29, 1.82) is 0 Å². The molecule has 7 heteroatoms. The summed E-state index contributed by atoms with van der Waals surface area (Å²) in [6, 6.07) is 0. The van der Waals surface area contributed by atoms with Crippen LogP contribution < -0.4 is 0 Å². The molecule has 0 bridgehead atoms. The minimum absolute atomic E-state index is 1.17. The molecule has 0 fully saturated rings. The Morgan fingerprint density at radius 1 is 1.58 bits per heavy atom. The third-order valence-electron chi connectivity index (χ3n) is 0.599. The first-order chi connectivity index (χ1) is 5.48. The SMILES string of the molecule is C=[C-]S(=O)(=O)/N=C/N(C)C.[Zn+][Br]. The van der Waals surface area contributed by atoms with Crippen LogP contribution >= 0.6 is 13.6 Å². The molecular weight excluding hydrogens is 297 g/mol. The Kier molecular flexibility index (Phi) is 9.71. The van der Waals surface area contributed by atoms with Crippen LogP contribution in [0.5, 0.6) is 0 Å². The van der Waals surface area contributed by atoms with Gasteiger partial charge in [-0.25, -0.2) is 8.42 Å². The second-order valence-corrected chi connectivity index (χ2v) is 3.25. The second kappa shape index (κ2) is 7.89. The second-order valence-electron chi connectivity index (χ2n) is 1.80. The fraction of sp³-hybridized carbons (Fsp3) is 0.400. The predicted octanol–water partition coefficient (Wildman–Crippen LogP) is 0.696. The molecule has 0 heterocycles. The monoisotopic (exact) mass is 304 g/mol. The van der Waals surface area contributed by atoms with Gasteiger partial charge in [-0.15, -0.1) is 0 Å². The van der Waals surface area contributed by atoms with Crippen LogP contribution in [0.4, 0.5) is 0 Å². The van der Waals surface area contributed by atoms with Crippen LogP contribution in [0.1, 0.15) is 0 Å². The zero-order valence-electron chi connectivity index (χ0n) is 6.99. The van der Waals surface area contributed by atoms with Gasteiger partial charge in [-0.2, -0.15) is 4.40 Å². The van der Waals surface area contributed by atoms with Gasteiger partial charge in [0.05, 0.1) is 0 Å². The molecule has 0 atom stereocenters. The minimum atomic E-state index is -3.55. The Morgan fingerprint density at radius 2 is 2.00 bits per heavy atom. The van der Waals surface area contributed by atoms with Gasteiger partial charge in [0.1, 0.15) is 16.4 Å². The van der Waals surface area contributed by atoms with Crippen LogP contribution in [0, 0.1) is 5.41 Å². The van der Waals surface area contributed by atoms with E-state index in [-0.39, 0.29) is 0 Å². The fourth-order valence-corrected chi connectivity index (χ4v) is 0.581. The summed E-state index contributed by atoms with van der Waals surface area (Å²) < 4.78 is 24.2. The van der Waals surface area contributed by atoms with Crippen molar-refractivity contribution < 1.29 is 24.8 Å². The van der Waals surface area contributed by atoms with Gasteiger partial charge in [-0.1, -0.05) is 0 Å². The van der Waals surface area contributed by atoms with Crippen LogP contribution in [0.25, 0.3) is 0 Å². The average molecular weight is 306 g/mol. The van der Waals surface area contributed by atoms with Gasteiger partial charge >= 0.3 is 30.0 Å². The molecule has 0 aliphatic carbocycles. The summed E-state index contributed by atoms with van der Waals surface area (Å²) in [5.41, 5.74) is 0. The molecular formula is C5H9BrN2O2SZn. The quantitative estimate of drug-likeness (QED) is 0.334. The predicted molar refractivity (Wildman–Crippen MR) is 48.9 cm³/mol. The Bertz CT molecular complexity index is 238. The topological polar surface area (TPSA) is 49.7 Å². The molecule has 0 aliphatic heterocycles. The first kappa shape index (κ1) is 14.8. The number of nitrogens with zero attached hydrogens (tertiary/aromatic N) is 2. The zero-order chi connectivity index (χ0) is 10.2. The van der Waals surface area contributed by atoms with Crippen molar-refractivity contribution in [3.8, 4) is 0 Å². The molecule has 0 saturated heterocycles. The van der Waals surface area contributed by atoms with E-state index in [2.05, 4.69) is 24.6 Å². The summed E-state index contributed by atoms with van der Waals surface area (Å²) in [6.07, 6.45) is 1.17. The average Bonchev–Trinajstić information content (AvgIpc) is 2.05. The van der Waals surface area contributed by atoms with Crippen molar-refractivity contribution >= 4 is 30.0 Å². The van der Waals surface area contributed by atoms with Crippen LogP contribution in [0.15, 0.2) is 11.0 Å². The number of rotatable bonds is 3. The summed E-state index contributed by atoms with van der Waals surface area (Å²) in [6.45, 7) is 2.97. The number of sulfonamides is 1. The van der Waals surface area contributed by atoms with E-state index in [1.807, 2.05) is 0 Å². The molecule has 0 N–H and O–H groups in total. The van der Waals surface area contributed by atoms with Gasteiger partial charge in [0, 0.05) is 14.1 Å². The molecule has 0 spiro atoms. The van der Waals surface area contributed by atoms with Crippen LogP contribution in [-0.2, 0) is 26.4 Å². The number of halogens is 1. The normalized spacial score (nSPS) is 10.4. The van der Waals surface area contributed by atoms with Crippen molar-refractivity contribution in [1.82, 2.24) is 4.90 Å². The molecule has 0 aliphatic rings. The van der Waals surface area contributed by atoms with Gasteiger partial charge in [0.2, 0.25) is 0 Å². The summed E-state index contributed by atoms with van der Waals surface area (Å²) in [5, 5.41) is 1.79. The van der Waals surface area contributed by atoms with E-state index in [1.54, 1.807) is 19.5 Å². The zero-order valence-corrected chi connectivity index (χ0v) is 12.4. The number of hydrogen-bond donors (Lipinski definition) is 0. The molecule has 0 unspecified atom stereocenters. The molecule has 4 nitrogen and oxygen atoms in total. The van der Waals surface area contributed by atoms with Crippen molar-refractivity contribution in [3.63, 3.8) is 0 Å². The summed E-state index contributed by atoms with van der Waals surface area (Å²) in [5.74, 6) is 0. The number of hydrogen-bond acceptors (Lipinski definition) is 2. The molecule has 66 valence electrons. The molecule has 0 radical (unpaired) electrons. The van der Waals surface area contributed by atoms with Gasteiger partial charge in [0.25, 0.3) is 0 Å². The summed E-state index contributed by atoms with van der Waals surface area (Å²) >= 11 is 4.25. The van der Waals surface area contributed by atoms with E-state index in [4.69, 9.17) is 0 Å². The molecule has 0 aromatic carbocycles. The maximum absolute atomic E-state index is 10.5. The third kappa shape index (κ3) is 10.3. The molecule has 0 aromatic rings. The Labute approximate surface area is 89.8 Å². The van der Waals surface area contributed by atoms with E-state index in [0.717, 1.165) is 0 Å². The Hall–Kier alpha value is 0.263. The van der Waals surface area contributed by atoms with E-state index in [0.29, 0.717) is 0 Å². The maximum atomic E-state index is 10.5. The van der Waals surface area contributed by atoms with Crippen molar-refractivity contribution in [3.05, 3.63) is 12.0 Å². The Morgan fingerprint density at radius 3 is 2.25 bits per heavy atom. The molecule has 0 amide bonds. The fourth-order valence-electron chi connectivity index (χ4n) is 0.194. The van der Waals surface area contributed by atoms with E-state index in [1.165, 1.54) is 27.6 Å². The van der Waals surface area contributed by atoms with E-state index >= 15 is 0 Å². The van der Waals surface area contributed by atoms with Crippen molar-refractivity contribution in [2.45, 2.75) is 0 Å². The summed E-state index contributed by atoms with van der Waals surface area (Å²) in [4.78, 5) is 1.51. The molecule has 12 heavy (non-hydrogen) atoms. The van der Waals surface area contributed by atoms with Crippen LogP contribution in [0.3, 0.4) is 0 Å². The van der Waals surface area contributed by atoms with E-state index in [9.17, 15) is 8.42 Å². The molecule has 0 rings (SSSR count). The van der Waals surface area contributed by atoms with Gasteiger partial charge in [0.15, 0.2) is 0 Å². The Balaban J connectivity index is 0. The summed E-state index contributed by atoms with van der Waals surface area (Å²) in [7, 11) is -0.210. The van der Waals surface area contributed by atoms with Gasteiger partial charge < -0.3 is 10.3 Å². The third-order valence-corrected chi connectivity index (χ3v) is 1.34. The van der Waals surface area contributed by atoms with Gasteiger partial charge in [-0.05, 0) is 0 Å². The van der Waals surface area contributed by atoms with Crippen molar-refractivity contribution in [2.24, 2.45) is 4.40 Å².